The van der Waals surface area contributed by atoms with E-state index in [9.17, 15) is 4.79 Å². The molecule has 0 aliphatic heterocycles. The number of benzene rings is 1. The quantitative estimate of drug-likeness (QED) is 0.175. The number of carbonyl (C=O) groups excluding carboxylic acids is 1. The summed E-state index contributed by atoms with van der Waals surface area (Å²) < 4.78 is 0. The fourth-order valence-electron chi connectivity index (χ4n) is 3.63. The standard InChI is InChI=1S/C27H37NO/c1-24(25-18-13-11-14-19-25)17-12-9-7-5-3-2-4-6-8-10-15-21-27(29)26-20-16-22-28-23-26/h7,9,11,13-14,16,18-20,22-24H,2-6,8,10,12,15,17,21H2,1H3. The predicted octanol–water partition coefficient (Wildman–Crippen LogP) is 7.92. The Morgan fingerprint density at radius 3 is 2.28 bits per heavy atom. The Kier molecular flexibility index (Phi) is 11.7. The summed E-state index contributed by atoms with van der Waals surface area (Å²) in [6.07, 6.45) is 21.0. The van der Waals surface area contributed by atoms with Gasteiger partial charge in [-0.05, 0) is 55.7 Å². The number of Topliss-reactive ketones (excluding diaryl/α,β-unsaturated/α-hetero) is 1. The zero-order chi connectivity index (χ0) is 20.6. The molecule has 1 heterocycles. The molecule has 1 unspecified atom stereocenters. The van der Waals surface area contributed by atoms with Crippen LogP contribution in [0.2, 0.25) is 0 Å². The number of hydrogen-bond donors (Lipinski definition) is 0. The predicted molar refractivity (Wildman–Crippen MR) is 123 cm³/mol. The van der Waals surface area contributed by atoms with Crippen molar-refractivity contribution in [2.75, 3.05) is 0 Å². The molecule has 2 heteroatoms. The fourth-order valence-corrected chi connectivity index (χ4v) is 3.63. The zero-order valence-electron chi connectivity index (χ0n) is 18.1. The molecule has 2 aromatic rings. The first-order valence-electron chi connectivity index (χ1n) is 11.4. The van der Waals surface area contributed by atoms with Crippen LogP contribution in [0.15, 0.2) is 67.0 Å². The first-order valence-corrected chi connectivity index (χ1v) is 11.4. The highest BCUT2D eigenvalue weighted by Crippen LogP contribution is 2.20. The van der Waals surface area contributed by atoms with Gasteiger partial charge in [0.25, 0.3) is 0 Å². The SMILES string of the molecule is CC(CCC=CCCCCCCCCCC(=O)c1cccnc1)c1ccccc1. The van der Waals surface area contributed by atoms with Crippen molar-refractivity contribution in [1.29, 1.82) is 0 Å². The van der Waals surface area contributed by atoms with Crippen molar-refractivity contribution >= 4 is 5.78 Å². The van der Waals surface area contributed by atoms with E-state index in [0.717, 1.165) is 18.4 Å². The Morgan fingerprint density at radius 1 is 0.862 bits per heavy atom. The van der Waals surface area contributed by atoms with Crippen LogP contribution in [0, 0.1) is 0 Å². The van der Waals surface area contributed by atoms with E-state index >= 15 is 0 Å². The largest absolute Gasteiger partial charge is 0.294 e. The van der Waals surface area contributed by atoms with Gasteiger partial charge in [-0.2, -0.15) is 0 Å². The molecule has 0 amide bonds. The molecule has 2 nitrogen and oxygen atoms in total. The lowest BCUT2D eigenvalue weighted by atomic mass is 9.96. The average Bonchev–Trinajstić information content (AvgIpc) is 2.77. The Balaban J connectivity index is 1.38. The first-order chi connectivity index (χ1) is 14.3. The molecule has 1 aromatic carbocycles. The maximum absolute atomic E-state index is 12.0. The number of allylic oxidation sites excluding steroid dienone is 2. The molecule has 1 aromatic heterocycles. The smallest absolute Gasteiger partial charge is 0.164 e. The summed E-state index contributed by atoms with van der Waals surface area (Å²) in [5.74, 6) is 0.864. The molecule has 156 valence electrons. The van der Waals surface area contributed by atoms with E-state index in [1.54, 1.807) is 12.4 Å². The van der Waals surface area contributed by atoms with E-state index in [0.29, 0.717) is 12.3 Å². The Hall–Kier alpha value is -2.22. The van der Waals surface area contributed by atoms with Crippen molar-refractivity contribution in [3.05, 3.63) is 78.1 Å². The molecule has 29 heavy (non-hydrogen) atoms. The number of pyridine rings is 1. The van der Waals surface area contributed by atoms with E-state index in [4.69, 9.17) is 0 Å². The number of rotatable bonds is 15. The lowest BCUT2D eigenvalue weighted by molar-refractivity contribution is 0.0978. The van der Waals surface area contributed by atoms with E-state index in [1.165, 1.54) is 56.9 Å². The molecule has 0 N–H and O–H groups in total. The van der Waals surface area contributed by atoms with Gasteiger partial charge in [-0.25, -0.2) is 0 Å². The van der Waals surface area contributed by atoms with Crippen LogP contribution in [-0.4, -0.2) is 10.8 Å². The molecular weight excluding hydrogens is 354 g/mol. The summed E-state index contributed by atoms with van der Waals surface area (Å²) in [7, 11) is 0. The van der Waals surface area contributed by atoms with E-state index < -0.39 is 0 Å². The highest BCUT2D eigenvalue weighted by atomic mass is 16.1. The monoisotopic (exact) mass is 391 g/mol. The molecule has 0 aliphatic carbocycles. The molecule has 0 fully saturated rings. The lowest BCUT2D eigenvalue weighted by Crippen LogP contribution is -1.99. The highest BCUT2D eigenvalue weighted by molar-refractivity contribution is 5.95. The van der Waals surface area contributed by atoms with Crippen LogP contribution in [0.25, 0.3) is 0 Å². The highest BCUT2D eigenvalue weighted by Gasteiger charge is 2.05. The summed E-state index contributed by atoms with van der Waals surface area (Å²) in [6, 6.07) is 14.5. The summed E-state index contributed by atoms with van der Waals surface area (Å²) in [6.45, 7) is 2.32. The number of ketones is 1. The van der Waals surface area contributed by atoms with E-state index in [1.807, 2.05) is 12.1 Å². The third-order valence-electron chi connectivity index (χ3n) is 5.56. The van der Waals surface area contributed by atoms with Crippen LogP contribution in [0.5, 0.6) is 0 Å². The summed E-state index contributed by atoms with van der Waals surface area (Å²) in [4.78, 5) is 16.0. The summed E-state index contributed by atoms with van der Waals surface area (Å²) >= 11 is 0. The minimum atomic E-state index is 0.225. The molecule has 0 spiro atoms. The maximum Gasteiger partial charge on any atom is 0.164 e. The van der Waals surface area contributed by atoms with Gasteiger partial charge >= 0.3 is 0 Å². The van der Waals surface area contributed by atoms with Crippen molar-refractivity contribution < 1.29 is 4.79 Å². The molecule has 0 saturated carbocycles. The minimum absolute atomic E-state index is 0.225. The molecule has 0 bridgehead atoms. The lowest BCUT2D eigenvalue weighted by Gasteiger charge is -2.09. The van der Waals surface area contributed by atoms with E-state index in [-0.39, 0.29) is 5.78 Å². The third kappa shape index (κ3) is 10.2. The van der Waals surface area contributed by atoms with Gasteiger partial charge in [0.15, 0.2) is 5.78 Å². The zero-order valence-corrected chi connectivity index (χ0v) is 18.1. The van der Waals surface area contributed by atoms with Crippen molar-refractivity contribution in [1.82, 2.24) is 4.98 Å². The molecule has 1 atom stereocenters. The maximum atomic E-state index is 12.0. The number of hydrogen-bond acceptors (Lipinski definition) is 2. The summed E-state index contributed by atoms with van der Waals surface area (Å²) in [5, 5.41) is 0. The van der Waals surface area contributed by atoms with Crippen molar-refractivity contribution in [3.8, 4) is 0 Å². The van der Waals surface area contributed by atoms with Gasteiger partial charge in [0.1, 0.15) is 0 Å². The number of aromatic nitrogens is 1. The van der Waals surface area contributed by atoms with E-state index in [2.05, 4.69) is 54.4 Å². The van der Waals surface area contributed by atoms with Crippen molar-refractivity contribution in [2.45, 2.75) is 83.5 Å². The Bertz CT molecular complexity index is 693. The van der Waals surface area contributed by atoms with Gasteiger partial charge in [0.2, 0.25) is 0 Å². The molecule has 0 saturated heterocycles. The third-order valence-corrected chi connectivity index (χ3v) is 5.56. The van der Waals surface area contributed by atoms with Crippen LogP contribution >= 0.6 is 0 Å². The minimum Gasteiger partial charge on any atom is -0.294 e. The number of unbranched alkanes of at least 4 members (excludes halogenated alkanes) is 7. The summed E-state index contributed by atoms with van der Waals surface area (Å²) in [5.41, 5.74) is 2.19. The second kappa shape index (κ2) is 14.7. The number of carbonyl (C=O) groups is 1. The van der Waals surface area contributed by atoms with Gasteiger partial charge < -0.3 is 0 Å². The molecule has 2 rings (SSSR count). The first kappa shape index (κ1) is 23.1. The van der Waals surface area contributed by atoms with Gasteiger partial charge in [0.05, 0.1) is 0 Å². The molecule has 0 radical (unpaired) electrons. The van der Waals surface area contributed by atoms with Gasteiger partial charge in [0, 0.05) is 24.4 Å². The van der Waals surface area contributed by atoms with Crippen LogP contribution in [0.4, 0.5) is 0 Å². The molecule has 0 aliphatic rings. The van der Waals surface area contributed by atoms with Crippen LogP contribution in [-0.2, 0) is 0 Å². The van der Waals surface area contributed by atoms with Crippen LogP contribution in [0.3, 0.4) is 0 Å². The van der Waals surface area contributed by atoms with Crippen molar-refractivity contribution in [3.63, 3.8) is 0 Å². The Morgan fingerprint density at radius 2 is 1.55 bits per heavy atom. The fraction of sp³-hybridized carbons (Fsp3) is 0.481. The Labute approximate surface area is 177 Å². The van der Waals surface area contributed by atoms with Gasteiger partial charge in [-0.3, -0.25) is 9.78 Å². The number of nitrogens with zero attached hydrogens (tertiary/aromatic N) is 1. The second-order valence-corrected chi connectivity index (χ2v) is 8.04. The molecular formula is C27H37NO. The van der Waals surface area contributed by atoms with Gasteiger partial charge in [-0.1, -0.05) is 81.5 Å². The topological polar surface area (TPSA) is 30.0 Å². The van der Waals surface area contributed by atoms with Gasteiger partial charge in [-0.15, -0.1) is 0 Å². The van der Waals surface area contributed by atoms with Crippen molar-refractivity contribution in [2.24, 2.45) is 0 Å². The average molecular weight is 392 g/mol. The normalized spacial score (nSPS) is 12.3. The second-order valence-electron chi connectivity index (χ2n) is 8.04. The van der Waals surface area contributed by atoms with Crippen LogP contribution in [0.1, 0.15) is 99.4 Å². The van der Waals surface area contributed by atoms with Crippen LogP contribution < -0.4 is 0 Å².